The molecule has 0 aromatic carbocycles. The molecule has 5 nitrogen and oxygen atoms in total. The average molecular weight is 254 g/mol. The number of aliphatic hydroxyl groups is 1. The van der Waals surface area contributed by atoms with Crippen molar-refractivity contribution in [1.82, 2.24) is 9.55 Å². The highest BCUT2D eigenvalue weighted by Gasteiger charge is 2.69. The van der Waals surface area contributed by atoms with Gasteiger partial charge in [-0.15, -0.1) is 0 Å². The fourth-order valence-electron chi connectivity index (χ4n) is 3.19. The molecule has 98 valence electrons. The molecular weight excluding hydrogens is 239 g/mol. The van der Waals surface area contributed by atoms with Crippen molar-refractivity contribution < 1.29 is 9.50 Å². The second kappa shape index (κ2) is 3.32. The molecule has 1 heterocycles. The van der Waals surface area contributed by atoms with E-state index in [1.807, 2.05) is 6.92 Å². The number of halogens is 1. The van der Waals surface area contributed by atoms with Crippen LogP contribution in [-0.4, -0.2) is 26.9 Å². The number of aliphatic hydroxyl groups excluding tert-OH is 1. The predicted molar refractivity (Wildman–Crippen MR) is 62.2 cm³/mol. The topological polar surface area (TPSA) is 75.1 Å². The summed E-state index contributed by atoms with van der Waals surface area (Å²) in [6, 6.07) is -0.673. The minimum Gasteiger partial charge on any atom is -0.389 e. The molecule has 0 amide bonds. The van der Waals surface area contributed by atoms with Crippen molar-refractivity contribution in [3.8, 4) is 0 Å². The second-order valence-corrected chi connectivity index (χ2v) is 5.67. The summed E-state index contributed by atoms with van der Waals surface area (Å²) in [6.07, 6.45) is -0.401. The first-order valence-electron chi connectivity index (χ1n) is 6.00. The van der Waals surface area contributed by atoms with Gasteiger partial charge in [0.2, 0.25) is 0 Å². The number of aromatic amines is 1. The van der Waals surface area contributed by atoms with Gasteiger partial charge in [-0.1, -0.05) is 6.92 Å². The lowest BCUT2D eigenvalue weighted by atomic mass is 10.0. The number of rotatable bonds is 1. The maximum absolute atomic E-state index is 14.1. The Kier molecular flexibility index (Phi) is 2.15. The lowest BCUT2D eigenvalue weighted by molar-refractivity contribution is 0.0356. The molecule has 2 saturated carbocycles. The van der Waals surface area contributed by atoms with Crippen molar-refractivity contribution in [3.63, 3.8) is 0 Å². The molecule has 2 aliphatic carbocycles. The molecule has 0 unspecified atom stereocenters. The monoisotopic (exact) mass is 254 g/mol. The van der Waals surface area contributed by atoms with Crippen LogP contribution in [0.4, 0.5) is 4.39 Å². The SMILES string of the molecule is Cc1cn([C@H]2[C@H](F)[C@H](O)[C@]3(C)C[C@H]23)c(=O)[nH]c1=O. The van der Waals surface area contributed by atoms with Gasteiger partial charge in [0.15, 0.2) is 0 Å². The van der Waals surface area contributed by atoms with Crippen LogP contribution in [0, 0.1) is 18.3 Å². The summed E-state index contributed by atoms with van der Waals surface area (Å²) >= 11 is 0. The fraction of sp³-hybridized carbons (Fsp3) is 0.667. The van der Waals surface area contributed by atoms with E-state index in [2.05, 4.69) is 4.98 Å². The van der Waals surface area contributed by atoms with E-state index in [-0.39, 0.29) is 5.92 Å². The highest BCUT2D eigenvalue weighted by molar-refractivity contribution is 5.19. The van der Waals surface area contributed by atoms with Crippen LogP contribution in [0.1, 0.15) is 24.9 Å². The summed E-state index contributed by atoms with van der Waals surface area (Å²) < 4.78 is 15.3. The Bertz CT molecular complexity index is 620. The lowest BCUT2D eigenvalue weighted by Crippen LogP contribution is -2.38. The normalized spacial score (nSPS) is 41.8. The molecule has 0 saturated heterocycles. The first-order chi connectivity index (χ1) is 8.36. The third kappa shape index (κ3) is 1.29. The van der Waals surface area contributed by atoms with E-state index < -0.39 is 35.0 Å². The molecule has 1 aromatic heterocycles. The molecule has 2 fully saturated rings. The van der Waals surface area contributed by atoms with E-state index in [1.165, 1.54) is 10.8 Å². The Labute approximate surface area is 102 Å². The van der Waals surface area contributed by atoms with Gasteiger partial charge in [0, 0.05) is 17.2 Å². The Balaban J connectivity index is 2.10. The molecule has 6 heteroatoms. The smallest absolute Gasteiger partial charge is 0.328 e. The molecule has 2 N–H and O–H groups in total. The largest absolute Gasteiger partial charge is 0.389 e. The maximum atomic E-state index is 14.1. The van der Waals surface area contributed by atoms with Crippen molar-refractivity contribution in [2.45, 2.75) is 38.6 Å². The molecule has 5 atom stereocenters. The van der Waals surface area contributed by atoms with E-state index in [4.69, 9.17) is 0 Å². The molecule has 2 aliphatic rings. The number of hydrogen-bond donors (Lipinski definition) is 2. The van der Waals surface area contributed by atoms with Gasteiger partial charge >= 0.3 is 5.69 Å². The van der Waals surface area contributed by atoms with Gasteiger partial charge in [-0.25, -0.2) is 9.18 Å². The molecule has 0 bridgehead atoms. The minimum absolute atomic E-state index is 0.0366. The van der Waals surface area contributed by atoms with E-state index in [9.17, 15) is 19.1 Å². The summed E-state index contributed by atoms with van der Waals surface area (Å²) in [7, 11) is 0. The number of nitrogens with zero attached hydrogens (tertiary/aromatic N) is 1. The van der Waals surface area contributed by atoms with Gasteiger partial charge < -0.3 is 5.11 Å². The van der Waals surface area contributed by atoms with Crippen LogP contribution in [0.25, 0.3) is 0 Å². The summed E-state index contributed by atoms with van der Waals surface area (Å²) in [5.41, 5.74) is -1.12. The highest BCUT2D eigenvalue weighted by atomic mass is 19.1. The van der Waals surface area contributed by atoms with Crippen LogP contribution in [-0.2, 0) is 0 Å². The first-order valence-corrected chi connectivity index (χ1v) is 6.00. The van der Waals surface area contributed by atoms with E-state index in [1.54, 1.807) is 6.92 Å². The summed E-state index contributed by atoms with van der Waals surface area (Å²) in [4.78, 5) is 25.2. The number of H-pyrrole nitrogens is 1. The quantitative estimate of drug-likeness (QED) is 0.747. The molecule has 0 spiro atoms. The van der Waals surface area contributed by atoms with Crippen LogP contribution < -0.4 is 11.2 Å². The third-order valence-corrected chi connectivity index (χ3v) is 4.53. The molecule has 1 aromatic rings. The average Bonchev–Trinajstić information content (AvgIpc) is 2.93. The van der Waals surface area contributed by atoms with Gasteiger partial charge in [-0.3, -0.25) is 14.3 Å². The van der Waals surface area contributed by atoms with Crippen molar-refractivity contribution in [1.29, 1.82) is 0 Å². The Hall–Kier alpha value is -1.43. The minimum atomic E-state index is -1.46. The summed E-state index contributed by atoms with van der Waals surface area (Å²) in [5, 5.41) is 9.85. The molecule has 18 heavy (non-hydrogen) atoms. The van der Waals surface area contributed by atoms with Gasteiger partial charge in [0.25, 0.3) is 5.56 Å². The van der Waals surface area contributed by atoms with Crippen molar-refractivity contribution in [2.75, 3.05) is 0 Å². The second-order valence-electron chi connectivity index (χ2n) is 5.67. The number of aryl methyl sites for hydroxylation is 1. The zero-order valence-corrected chi connectivity index (χ0v) is 10.2. The zero-order chi connectivity index (χ0) is 13.2. The standard InChI is InChI=1S/C12H15FN2O3/c1-5-4-15(11(18)14-10(5)17)8-6-3-12(6,2)9(16)7(8)13/h4,6-9,16H,3H2,1-2H3,(H,14,17,18)/t6-,7+,8-,9+,12-/m1/s1. The zero-order valence-electron chi connectivity index (χ0n) is 10.2. The highest BCUT2D eigenvalue weighted by Crippen LogP contribution is 2.67. The van der Waals surface area contributed by atoms with Crippen molar-refractivity contribution in [3.05, 3.63) is 32.6 Å². The molecule has 3 rings (SSSR count). The van der Waals surface area contributed by atoms with Gasteiger partial charge in [0.1, 0.15) is 6.17 Å². The van der Waals surface area contributed by atoms with Gasteiger partial charge in [-0.2, -0.15) is 0 Å². The number of aromatic nitrogens is 2. The Morgan fingerprint density at radius 2 is 2.22 bits per heavy atom. The number of alkyl halides is 1. The molecular formula is C12H15FN2O3. The number of fused-ring (bicyclic) bond motifs is 1. The fourth-order valence-corrected chi connectivity index (χ4v) is 3.19. The van der Waals surface area contributed by atoms with Crippen LogP contribution in [0.5, 0.6) is 0 Å². The third-order valence-electron chi connectivity index (χ3n) is 4.53. The van der Waals surface area contributed by atoms with Crippen molar-refractivity contribution in [2.24, 2.45) is 11.3 Å². The van der Waals surface area contributed by atoms with Crippen LogP contribution in [0.2, 0.25) is 0 Å². The number of hydrogen-bond acceptors (Lipinski definition) is 3. The van der Waals surface area contributed by atoms with Gasteiger partial charge in [0.05, 0.1) is 12.1 Å². The summed E-state index contributed by atoms with van der Waals surface area (Å²) in [5.74, 6) is -0.0366. The van der Waals surface area contributed by atoms with E-state index in [0.29, 0.717) is 12.0 Å². The summed E-state index contributed by atoms with van der Waals surface area (Å²) in [6.45, 7) is 3.40. The van der Waals surface area contributed by atoms with Crippen LogP contribution >= 0.6 is 0 Å². The number of nitrogens with one attached hydrogen (secondary N) is 1. The van der Waals surface area contributed by atoms with Gasteiger partial charge in [-0.05, 0) is 19.3 Å². The lowest BCUT2D eigenvalue weighted by Gasteiger charge is -2.21. The van der Waals surface area contributed by atoms with Crippen LogP contribution in [0.15, 0.2) is 15.8 Å². The predicted octanol–water partition coefficient (Wildman–Crippen LogP) is 0.125. The van der Waals surface area contributed by atoms with Crippen LogP contribution in [0.3, 0.4) is 0 Å². The Morgan fingerprint density at radius 3 is 2.78 bits per heavy atom. The Morgan fingerprint density at radius 1 is 1.56 bits per heavy atom. The van der Waals surface area contributed by atoms with Crippen molar-refractivity contribution >= 4 is 0 Å². The maximum Gasteiger partial charge on any atom is 0.328 e. The molecule has 0 radical (unpaired) electrons. The molecule has 0 aliphatic heterocycles. The first kappa shape index (κ1) is 11.6. The van der Waals surface area contributed by atoms with E-state index >= 15 is 0 Å². The van der Waals surface area contributed by atoms with E-state index in [0.717, 1.165) is 0 Å².